The summed E-state index contributed by atoms with van der Waals surface area (Å²) < 4.78 is 5.33. The van der Waals surface area contributed by atoms with Crippen LogP contribution in [0, 0.1) is 0 Å². The van der Waals surface area contributed by atoms with Gasteiger partial charge in [-0.25, -0.2) is 0 Å². The van der Waals surface area contributed by atoms with E-state index in [1.807, 2.05) is 13.8 Å². The van der Waals surface area contributed by atoms with Gasteiger partial charge in [0.2, 0.25) is 0 Å². The molecule has 3 nitrogen and oxygen atoms in total. The number of nitrogens with zero attached hydrogens (tertiary/aromatic N) is 1. The number of hydrogen-bond acceptors (Lipinski definition) is 3. The zero-order valence-corrected chi connectivity index (χ0v) is 13.9. The van der Waals surface area contributed by atoms with Crippen molar-refractivity contribution in [3.05, 3.63) is 28.8 Å². The highest BCUT2D eigenvalue weighted by molar-refractivity contribution is 6.31. The third kappa shape index (κ3) is 3.58. The van der Waals surface area contributed by atoms with Gasteiger partial charge >= 0.3 is 0 Å². The Morgan fingerprint density at radius 3 is 2.38 bits per heavy atom. The zero-order valence-electron chi connectivity index (χ0n) is 13.1. The highest BCUT2D eigenvalue weighted by Gasteiger charge is 2.36. The molecule has 0 spiro atoms. The number of methoxy groups -OCH3 is 1. The Morgan fingerprint density at radius 2 is 1.81 bits per heavy atom. The molecule has 0 aliphatic carbocycles. The van der Waals surface area contributed by atoms with Gasteiger partial charge in [-0.1, -0.05) is 24.4 Å². The van der Waals surface area contributed by atoms with Gasteiger partial charge in [0.15, 0.2) is 5.78 Å². The number of ketones is 1. The topological polar surface area (TPSA) is 29.5 Å². The van der Waals surface area contributed by atoms with Crippen molar-refractivity contribution in [1.29, 1.82) is 0 Å². The summed E-state index contributed by atoms with van der Waals surface area (Å²) in [7, 11) is 1.58. The Morgan fingerprint density at radius 1 is 1.19 bits per heavy atom. The summed E-state index contributed by atoms with van der Waals surface area (Å²) >= 11 is 6.06. The van der Waals surface area contributed by atoms with Crippen molar-refractivity contribution < 1.29 is 9.53 Å². The molecule has 1 aromatic rings. The van der Waals surface area contributed by atoms with Crippen LogP contribution in [0.2, 0.25) is 5.02 Å². The largest absolute Gasteiger partial charge is 0.496 e. The summed E-state index contributed by atoms with van der Waals surface area (Å²) in [5.41, 5.74) is 0.0294. The summed E-state index contributed by atoms with van der Waals surface area (Å²) in [6.45, 7) is 5.95. The van der Waals surface area contributed by atoms with E-state index in [1.54, 1.807) is 25.3 Å². The number of hydrogen-bond donors (Lipinski definition) is 0. The predicted octanol–water partition coefficient (Wildman–Crippen LogP) is 4.19. The van der Waals surface area contributed by atoms with E-state index in [4.69, 9.17) is 16.3 Å². The molecule has 0 atom stereocenters. The molecule has 1 aliphatic rings. The Kier molecular flexibility index (Phi) is 5.28. The van der Waals surface area contributed by atoms with Crippen LogP contribution in [0.25, 0.3) is 0 Å². The van der Waals surface area contributed by atoms with Crippen LogP contribution < -0.4 is 4.74 Å². The number of rotatable bonds is 4. The summed E-state index contributed by atoms with van der Waals surface area (Å²) in [6, 6.07) is 5.21. The number of likely N-dealkylation sites (tertiary alicyclic amines) is 1. The SMILES string of the molecule is COc1ccc(Cl)cc1C(=O)C(C)(C)N1CCCCCC1. The quantitative estimate of drug-likeness (QED) is 0.781. The number of carbonyl (C=O) groups is 1. The fourth-order valence-corrected chi connectivity index (χ4v) is 3.13. The molecule has 0 bridgehead atoms. The Labute approximate surface area is 132 Å². The van der Waals surface area contributed by atoms with Gasteiger partial charge in [-0.2, -0.15) is 0 Å². The van der Waals surface area contributed by atoms with Crippen molar-refractivity contribution in [1.82, 2.24) is 4.90 Å². The minimum absolute atomic E-state index is 0.0729. The second-order valence-corrected chi connectivity index (χ2v) is 6.57. The van der Waals surface area contributed by atoms with Crippen LogP contribution in [0.3, 0.4) is 0 Å². The van der Waals surface area contributed by atoms with Crippen molar-refractivity contribution in [2.75, 3.05) is 20.2 Å². The maximum absolute atomic E-state index is 13.0. The number of benzene rings is 1. The van der Waals surface area contributed by atoms with E-state index in [0.29, 0.717) is 16.3 Å². The molecule has 0 unspecified atom stereocenters. The summed E-state index contributed by atoms with van der Waals surface area (Å²) in [6.07, 6.45) is 4.81. The van der Waals surface area contributed by atoms with Crippen LogP contribution in [0.4, 0.5) is 0 Å². The van der Waals surface area contributed by atoms with Crippen LogP contribution in [0.1, 0.15) is 49.9 Å². The van der Waals surface area contributed by atoms with Gasteiger partial charge in [-0.3, -0.25) is 9.69 Å². The van der Waals surface area contributed by atoms with E-state index >= 15 is 0 Å². The number of Topliss-reactive ketones (excluding diaryl/α,β-unsaturated/α-hetero) is 1. The molecule has 0 amide bonds. The molecule has 4 heteroatoms. The first-order valence-corrected chi connectivity index (χ1v) is 7.98. The lowest BCUT2D eigenvalue weighted by atomic mass is 9.90. The Bertz CT molecular complexity index is 506. The van der Waals surface area contributed by atoms with Gasteiger partial charge in [-0.15, -0.1) is 0 Å². The van der Waals surface area contributed by atoms with E-state index in [-0.39, 0.29) is 5.78 Å². The van der Waals surface area contributed by atoms with Gasteiger partial charge in [0, 0.05) is 5.02 Å². The second-order valence-electron chi connectivity index (χ2n) is 6.13. The minimum Gasteiger partial charge on any atom is -0.496 e. The lowest BCUT2D eigenvalue weighted by molar-refractivity contribution is 0.0646. The molecule has 116 valence electrons. The third-order valence-electron chi connectivity index (χ3n) is 4.36. The molecule has 0 radical (unpaired) electrons. The predicted molar refractivity (Wildman–Crippen MR) is 86.5 cm³/mol. The van der Waals surface area contributed by atoms with E-state index in [0.717, 1.165) is 25.9 Å². The van der Waals surface area contributed by atoms with E-state index in [1.165, 1.54) is 12.8 Å². The van der Waals surface area contributed by atoms with Gasteiger partial charge < -0.3 is 4.74 Å². The van der Waals surface area contributed by atoms with Crippen LogP contribution in [0.15, 0.2) is 18.2 Å². The molecule has 21 heavy (non-hydrogen) atoms. The summed E-state index contributed by atoms with van der Waals surface area (Å²) in [5.74, 6) is 0.663. The maximum Gasteiger partial charge on any atom is 0.186 e. The van der Waals surface area contributed by atoms with Gasteiger partial charge in [-0.05, 0) is 58.0 Å². The van der Waals surface area contributed by atoms with Crippen molar-refractivity contribution in [3.63, 3.8) is 0 Å². The van der Waals surface area contributed by atoms with Crippen LogP contribution in [0.5, 0.6) is 5.75 Å². The zero-order chi connectivity index (χ0) is 15.5. The normalized spacial score (nSPS) is 17.3. The highest BCUT2D eigenvalue weighted by atomic mass is 35.5. The molecule has 1 aliphatic heterocycles. The maximum atomic E-state index is 13.0. The van der Waals surface area contributed by atoms with Crippen molar-refractivity contribution in [2.24, 2.45) is 0 Å². The van der Waals surface area contributed by atoms with Crippen molar-refractivity contribution in [2.45, 2.75) is 45.1 Å². The molecule has 1 heterocycles. The first-order chi connectivity index (χ1) is 9.96. The first kappa shape index (κ1) is 16.3. The van der Waals surface area contributed by atoms with Crippen LogP contribution >= 0.6 is 11.6 Å². The monoisotopic (exact) mass is 309 g/mol. The molecule has 0 saturated carbocycles. The standard InChI is InChI=1S/C17H24ClNO2/c1-17(2,19-10-6-4-5-7-11-19)16(20)14-12-13(18)8-9-15(14)21-3/h8-9,12H,4-7,10-11H2,1-3H3. The smallest absolute Gasteiger partial charge is 0.186 e. The molecule has 0 aromatic heterocycles. The van der Waals surface area contributed by atoms with E-state index < -0.39 is 5.54 Å². The number of ether oxygens (including phenoxy) is 1. The molecular formula is C17H24ClNO2. The molecule has 0 N–H and O–H groups in total. The average Bonchev–Trinajstić information content (AvgIpc) is 2.76. The molecular weight excluding hydrogens is 286 g/mol. The second kappa shape index (κ2) is 6.80. The molecule has 2 rings (SSSR count). The van der Waals surface area contributed by atoms with Crippen LogP contribution in [-0.4, -0.2) is 36.4 Å². The summed E-state index contributed by atoms with van der Waals surface area (Å²) in [5, 5.41) is 0.561. The fourth-order valence-electron chi connectivity index (χ4n) is 2.96. The van der Waals surface area contributed by atoms with Crippen molar-refractivity contribution >= 4 is 17.4 Å². The van der Waals surface area contributed by atoms with Crippen molar-refractivity contribution in [3.8, 4) is 5.75 Å². The lowest BCUT2D eigenvalue weighted by Crippen LogP contribution is -2.50. The summed E-state index contributed by atoms with van der Waals surface area (Å²) in [4.78, 5) is 15.3. The Balaban J connectivity index is 2.30. The third-order valence-corrected chi connectivity index (χ3v) is 4.59. The van der Waals surface area contributed by atoms with E-state index in [2.05, 4.69) is 4.90 Å². The molecule has 1 aromatic carbocycles. The molecule has 1 saturated heterocycles. The molecule has 1 fully saturated rings. The number of carbonyl (C=O) groups excluding carboxylic acids is 1. The highest BCUT2D eigenvalue weighted by Crippen LogP contribution is 2.30. The number of halogens is 1. The lowest BCUT2D eigenvalue weighted by Gasteiger charge is -2.36. The fraction of sp³-hybridized carbons (Fsp3) is 0.588. The average molecular weight is 310 g/mol. The van der Waals surface area contributed by atoms with Crippen LogP contribution in [-0.2, 0) is 0 Å². The minimum atomic E-state index is -0.539. The van der Waals surface area contributed by atoms with Gasteiger partial charge in [0.25, 0.3) is 0 Å². The first-order valence-electron chi connectivity index (χ1n) is 7.60. The Hall–Kier alpha value is -1.06. The van der Waals surface area contributed by atoms with Gasteiger partial charge in [0.1, 0.15) is 5.75 Å². The van der Waals surface area contributed by atoms with E-state index in [9.17, 15) is 4.79 Å². The van der Waals surface area contributed by atoms with Gasteiger partial charge in [0.05, 0.1) is 18.2 Å².